The van der Waals surface area contributed by atoms with Gasteiger partial charge < -0.3 is 15.2 Å². The number of fused-ring (bicyclic) bond motifs is 3. The Morgan fingerprint density at radius 1 is 1.06 bits per heavy atom. The van der Waals surface area contributed by atoms with E-state index < -0.39 is 63.0 Å². The zero-order valence-electron chi connectivity index (χ0n) is 17.8. The molecule has 0 bridgehead atoms. The lowest BCUT2D eigenvalue weighted by Crippen LogP contribution is -2.63. The predicted molar refractivity (Wildman–Crippen MR) is 110 cm³/mol. The summed E-state index contributed by atoms with van der Waals surface area (Å²) in [6.07, 6.45) is -9.97. The molecule has 0 spiro atoms. The first-order chi connectivity index (χ1) is 16.3. The third kappa shape index (κ3) is 3.34. The molecule has 3 aromatic rings. The van der Waals surface area contributed by atoms with Crippen LogP contribution in [0.4, 0.5) is 32.0 Å². The number of carbonyl (C=O) groups excluding carboxylic acids is 2. The number of ether oxygens (including phenoxy) is 1. The summed E-state index contributed by atoms with van der Waals surface area (Å²) in [4.78, 5) is 29.3. The number of hydrogen-bond acceptors (Lipinski definition) is 6. The number of aliphatic hydroxyl groups is 1. The Kier molecular flexibility index (Phi) is 5.55. The van der Waals surface area contributed by atoms with Crippen LogP contribution in [0.1, 0.15) is 28.4 Å². The van der Waals surface area contributed by atoms with Crippen molar-refractivity contribution in [1.82, 2.24) is 4.98 Å². The summed E-state index contributed by atoms with van der Waals surface area (Å²) in [6, 6.07) is 8.91. The van der Waals surface area contributed by atoms with E-state index in [1.807, 2.05) is 0 Å². The zero-order chi connectivity index (χ0) is 25.8. The van der Waals surface area contributed by atoms with Gasteiger partial charge in [0.25, 0.3) is 5.78 Å². The molecule has 4 rings (SSSR count). The number of nitrogens with zero attached hydrogens (tertiary/aromatic N) is 1. The standard InChI is InChI=1S/C23H16F6N2O4/c1-2-35-19(33)20(12-7-4-3-5-8-12)21(34,23(27,28)29)15-11-14(18(32)22(24,25)26)13-9-6-10-30-16(13)17(15)31-20/h3-11,31,34H,2H2,1H3/t20-,21?/m0/s1. The van der Waals surface area contributed by atoms with Gasteiger partial charge in [0.1, 0.15) is 0 Å². The second kappa shape index (κ2) is 7.94. The molecule has 0 radical (unpaired) electrons. The molecule has 0 amide bonds. The molecule has 184 valence electrons. The van der Waals surface area contributed by atoms with Gasteiger partial charge in [0, 0.05) is 22.7 Å². The molecule has 2 aromatic carbocycles. The third-order valence-corrected chi connectivity index (χ3v) is 5.84. The van der Waals surface area contributed by atoms with Gasteiger partial charge >= 0.3 is 18.3 Å². The van der Waals surface area contributed by atoms with Crippen molar-refractivity contribution in [2.75, 3.05) is 11.9 Å². The van der Waals surface area contributed by atoms with Gasteiger partial charge in [0.15, 0.2) is 0 Å². The highest BCUT2D eigenvalue weighted by molar-refractivity contribution is 6.14. The summed E-state index contributed by atoms with van der Waals surface area (Å²) in [7, 11) is 0. The van der Waals surface area contributed by atoms with Crippen molar-refractivity contribution >= 4 is 28.3 Å². The van der Waals surface area contributed by atoms with E-state index in [-0.39, 0.29) is 12.2 Å². The minimum Gasteiger partial charge on any atom is -0.464 e. The van der Waals surface area contributed by atoms with Crippen molar-refractivity contribution in [2.24, 2.45) is 0 Å². The van der Waals surface area contributed by atoms with E-state index in [0.717, 1.165) is 24.4 Å². The lowest BCUT2D eigenvalue weighted by atomic mass is 9.72. The Morgan fingerprint density at radius 3 is 2.29 bits per heavy atom. The molecular formula is C23H16F6N2O4. The Labute approximate surface area is 193 Å². The van der Waals surface area contributed by atoms with E-state index in [9.17, 15) is 41.0 Å². The number of rotatable bonds is 4. The normalized spacial score (nSPS) is 21.9. The second-order valence-corrected chi connectivity index (χ2v) is 7.74. The minimum absolute atomic E-state index is 0.305. The number of anilines is 1. The summed E-state index contributed by atoms with van der Waals surface area (Å²) in [5, 5.41) is 13.4. The molecule has 12 heteroatoms. The Balaban J connectivity index is 2.18. The minimum atomic E-state index is -5.63. The molecule has 0 saturated carbocycles. The molecular weight excluding hydrogens is 482 g/mol. The number of pyridine rings is 1. The smallest absolute Gasteiger partial charge is 0.454 e. The molecule has 1 aliphatic rings. The lowest BCUT2D eigenvalue weighted by molar-refractivity contribution is -0.286. The maximum absolute atomic E-state index is 14.7. The zero-order valence-corrected chi connectivity index (χ0v) is 17.8. The van der Waals surface area contributed by atoms with E-state index in [2.05, 4.69) is 10.3 Å². The van der Waals surface area contributed by atoms with Crippen LogP contribution < -0.4 is 5.32 Å². The molecule has 0 fully saturated rings. The van der Waals surface area contributed by atoms with Crippen molar-refractivity contribution in [3.05, 3.63) is 71.4 Å². The number of hydrogen-bond donors (Lipinski definition) is 2. The van der Waals surface area contributed by atoms with Crippen LogP contribution in [0.2, 0.25) is 0 Å². The van der Waals surface area contributed by atoms with Gasteiger partial charge in [-0.1, -0.05) is 36.4 Å². The average Bonchev–Trinajstić information content (AvgIpc) is 3.09. The van der Waals surface area contributed by atoms with Gasteiger partial charge in [-0.25, -0.2) is 4.79 Å². The molecule has 35 heavy (non-hydrogen) atoms. The van der Waals surface area contributed by atoms with Gasteiger partial charge in [-0.3, -0.25) is 9.78 Å². The molecule has 1 unspecified atom stereocenters. The van der Waals surface area contributed by atoms with Crippen LogP contribution in [0, 0.1) is 0 Å². The molecule has 0 aliphatic carbocycles. The van der Waals surface area contributed by atoms with Gasteiger partial charge in [-0.15, -0.1) is 0 Å². The summed E-state index contributed by atoms with van der Waals surface area (Å²) < 4.78 is 89.2. The van der Waals surface area contributed by atoms with Crippen molar-refractivity contribution in [3.63, 3.8) is 0 Å². The summed E-state index contributed by atoms with van der Waals surface area (Å²) >= 11 is 0. The largest absolute Gasteiger partial charge is 0.464 e. The Bertz CT molecular complexity index is 1330. The molecule has 2 heterocycles. The van der Waals surface area contributed by atoms with Gasteiger partial charge in [-0.2, -0.15) is 26.3 Å². The first kappa shape index (κ1) is 24.5. The van der Waals surface area contributed by atoms with Crippen LogP contribution in [-0.4, -0.2) is 40.8 Å². The quantitative estimate of drug-likeness (QED) is 0.310. The highest BCUT2D eigenvalue weighted by atomic mass is 19.4. The highest BCUT2D eigenvalue weighted by Gasteiger charge is 2.76. The second-order valence-electron chi connectivity index (χ2n) is 7.74. The molecule has 0 saturated heterocycles. The highest BCUT2D eigenvalue weighted by Crippen LogP contribution is 2.60. The number of benzene rings is 2. The number of carbonyl (C=O) groups is 2. The van der Waals surface area contributed by atoms with E-state index in [1.54, 1.807) is 0 Å². The maximum atomic E-state index is 14.7. The van der Waals surface area contributed by atoms with Gasteiger partial charge in [-0.05, 0) is 24.6 Å². The van der Waals surface area contributed by atoms with Crippen molar-refractivity contribution in [2.45, 2.75) is 30.4 Å². The number of Topliss-reactive ketones (excluding diaryl/α,β-unsaturated/α-hetero) is 1. The fraction of sp³-hybridized carbons (Fsp3) is 0.261. The van der Waals surface area contributed by atoms with E-state index in [4.69, 9.17) is 4.74 Å². The first-order valence-electron chi connectivity index (χ1n) is 10.1. The fourth-order valence-electron chi connectivity index (χ4n) is 4.37. The average molecular weight is 498 g/mol. The molecule has 2 atom stereocenters. The topological polar surface area (TPSA) is 88.5 Å². The predicted octanol–water partition coefficient (Wildman–Crippen LogP) is 4.61. The number of esters is 1. The van der Waals surface area contributed by atoms with Crippen LogP contribution >= 0.6 is 0 Å². The van der Waals surface area contributed by atoms with Crippen molar-refractivity contribution in [1.29, 1.82) is 0 Å². The van der Waals surface area contributed by atoms with E-state index in [1.165, 1.54) is 31.2 Å². The Hall–Kier alpha value is -3.67. The van der Waals surface area contributed by atoms with Crippen LogP contribution in [-0.2, 0) is 20.7 Å². The first-order valence-corrected chi connectivity index (χ1v) is 10.1. The fourth-order valence-corrected chi connectivity index (χ4v) is 4.37. The number of alkyl halides is 6. The SMILES string of the molecule is CCOC(=O)[C@]1(c2ccccc2)Nc2c(cc(C(=O)C(F)(F)F)c3cccnc23)C1(O)C(F)(F)F. The van der Waals surface area contributed by atoms with E-state index in [0.29, 0.717) is 6.07 Å². The number of nitrogens with one attached hydrogen (secondary N) is 1. The number of ketones is 1. The van der Waals surface area contributed by atoms with E-state index >= 15 is 0 Å². The Morgan fingerprint density at radius 2 is 1.71 bits per heavy atom. The number of halogens is 6. The summed E-state index contributed by atoms with van der Waals surface area (Å²) in [6.45, 7) is 0.971. The van der Waals surface area contributed by atoms with Crippen LogP contribution in [0.5, 0.6) is 0 Å². The summed E-state index contributed by atoms with van der Waals surface area (Å²) in [5.41, 5.74) is -10.9. The van der Waals surface area contributed by atoms with Crippen LogP contribution in [0.15, 0.2) is 54.7 Å². The van der Waals surface area contributed by atoms with Gasteiger partial charge in [0.2, 0.25) is 11.1 Å². The molecule has 1 aliphatic heterocycles. The van der Waals surface area contributed by atoms with Gasteiger partial charge in [0.05, 0.1) is 17.8 Å². The maximum Gasteiger partial charge on any atom is 0.454 e. The van der Waals surface area contributed by atoms with Crippen LogP contribution in [0.25, 0.3) is 10.9 Å². The summed E-state index contributed by atoms with van der Waals surface area (Å²) in [5.74, 6) is -3.97. The van der Waals surface area contributed by atoms with Crippen molar-refractivity contribution < 1.29 is 45.8 Å². The third-order valence-electron chi connectivity index (χ3n) is 5.84. The molecule has 2 N–H and O–H groups in total. The van der Waals surface area contributed by atoms with Crippen LogP contribution in [0.3, 0.4) is 0 Å². The van der Waals surface area contributed by atoms with Crippen molar-refractivity contribution in [3.8, 4) is 0 Å². The molecule has 6 nitrogen and oxygen atoms in total. The monoisotopic (exact) mass is 498 g/mol. The number of aromatic nitrogens is 1. The lowest BCUT2D eigenvalue weighted by Gasteiger charge is -2.41. The molecule has 1 aromatic heterocycles.